The summed E-state index contributed by atoms with van der Waals surface area (Å²) in [5.74, 6) is 0. The smallest absolute Gasteiger partial charge is 0.00722 e. The molecule has 1 aromatic carbocycles. The summed E-state index contributed by atoms with van der Waals surface area (Å²) in [5, 5.41) is 0. The number of hydrogen-bond acceptors (Lipinski definition) is 1. The second-order valence-electron chi connectivity index (χ2n) is 5.37. The van der Waals surface area contributed by atoms with Crippen molar-refractivity contribution in [1.29, 1.82) is 0 Å². The largest absolute Gasteiger partial charge is 0.330 e. The maximum Gasteiger partial charge on any atom is -0.00722 e. The molecule has 0 atom stereocenters. The molecule has 2 N–H and O–H groups in total. The highest BCUT2D eigenvalue weighted by Crippen LogP contribution is 2.26. The molecule has 0 amide bonds. The first-order valence-electron chi connectivity index (χ1n) is 6.35. The van der Waals surface area contributed by atoms with Gasteiger partial charge in [-0.1, -0.05) is 45.0 Å². The van der Waals surface area contributed by atoms with Crippen molar-refractivity contribution in [2.24, 2.45) is 11.1 Å². The van der Waals surface area contributed by atoms with E-state index in [-0.39, 0.29) is 0 Å². The summed E-state index contributed by atoms with van der Waals surface area (Å²) < 4.78 is 0. The van der Waals surface area contributed by atoms with Crippen LogP contribution in [0.25, 0.3) is 0 Å². The van der Waals surface area contributed by atoms with Gasteiger partial charge in [0.25, 0.3) is 0 Å². The Balaban J connectivity index is 2.48. The van der Waals surface area contributed by atoms with Crippen molar-refractivity contribution >= 4 is 0 Å². The molecular formula is C15H25N. The van der Waals surface area contributed by atoms with Crippen molar-refractivity contribution in [3.8, 4) is 0 Å². The fraction of sp³-hybridized carbons (Fsp3) is 0.600. The van der Waals surface area contributed by atoms with Crippen LogP contribution in [0.4, 0.5) is 0 Å². The van der Waals surface area contributed by atoms with E-state index in [0.29, 0.717) is 5.41 Å². The molecule has 0 radical (unpaired) electrons. The second kappa shape index (κ2) is 6.05. The maximum absolute atomic E-state index is 5.62. The molecule has 90 valence electrons. The van der Waals surface area contributed by atoms with E-state index in [2.05, 4.69) is 45.0 Å². The summed E-state index contributed by atoms with van der Waals surface area (Å²) in [6.45, 7) is 7.60. The highest BCUT2D eigenvalue weighted by molar-refractivity contribution is 5.22. The Hall–Kier alpha value is -0.820. The van der Waals surface area contributed by atoms with Crippen LogP contribution >= 0.6 is 0 Å². The Morgan fingerprint density at radius 3 is 2.06 bits per heavy atom. The van der Waals surface area contributed by atoms with Crippen LogP contribution in [0.15, 0.2) is 24.3 Å². The molecule has 0 aliphatic heterocycles. The van der Waals surface area contributed by atoms with Crippen LogP contribution < -0.4 is 5.73 Å². The summed E-state index contributed by atoms with van der Waals surface area (Å²) in [4.78, 5) is 0. The van der Waals surface area contributed by atoms with Gasteiger partial charge in [0.1, 0.15) is 0 Å². The van der Waals surface area contributed by atoms with E-state index in [9.17, 15) is 0 Å². The van der Waals surface area contributed by atoms with Crippen LogP contribution in [0.1, 0.15) is 44.7 Å². The summed E-state index contributed by atoms with van der Waals surface area (Å²) in [6.07, 6.45) is 4.62. The molecule has 16 heavy (non-hydrogen) atoms. The monoisotopic (exact) mass is 219 g/mol. The lowest BCUT2D eigenvalue weighted by Gasteiger charge is -2.23. The molecule has 0 fully saturated rings. The minimum absolute atomic E-state index is 0.373. The summed E-state index contributed by atoms with van der Waals surface area (Å²) in [6, 6.07) is 9.01. The number of nitrogens with two attached hydrogens (primary N) is 1. The van der Waals surface area contributed by atoms with Crippen LogP contribution in [-0.2, 0) is 12.8 Å². The third kappa shape index (κ3) is 4.36. The van der Waals surface area contributed by atoms with E-state index >= 15 is 0 Å². The van der Waals surface area contributed by atoms with Crippen LogP contribution in [0.2, 0.25) is 0 Å². The van der Waals surface area contributed by atoms with Crippen LogP contribution in [0.5, 0.6) is 0 Å². The highest BCUT2D eigenvalue weighted by atomic mass is 14.5. The molecule has 1 aromatic rings. The summed E-state index contributed by atoms with van der Waals surface area (Å²) >= 11 is 0. The average molecular weight is 219 g/mol. The number of benzene rings is 1. The van der Waals surface area contributed by atoms with Gasteiger partial charge in [0.15, 0.2) is 0 Å². The predicted molar refractivity (Wildman–Crippen MR) is 71.6 cm³/mol. The predicted octanol–water partition coefficient (Wildman–Crippen LogP) is 3.56. The fourth-order valence-electron chi connectivity index (χ4n) is 1.94. The zero-order chi connectivity index (χ0) is 12.0. The molecule has 0 spiro atoms. The highest BCUT2D eigenvalue weighted by Gasteiger charge is 2.16. The van der Waals surface area contributed by atoms with Gasteiger partial charge in [-0.15, -0.1) is 0 Å². The average Bonchev–Trinajstić information content (AvgIpc) is 2.27. The number of hydrogen-bond donors (Lipinski definition) is 1. The summed E-state index contributed by atoms with van der Waals surface area (Å²) in [5.41, 5.74) is 8.86. The molecule has 1 heteroatoms. The van der Waals surface area contributed by atoms with Crippen molar-refractivity contribution < 1.29 is 0 Å². The van der Waals surface area contributed by atoms with Crippen LogP contribution in [0.3, 0.4) is 0 Å². The molecule has 0 aliphatic carbocycles. The lowest BCUT2D eigenvalue weighted by Crippen LogP contribution is -2.17. The first kappa shape index (κ1) is 13.2. The van der Waals surface area contributed by atoms with Crippen LogP contribution in [-0.4, -0.2) is 6.54 Å². The van der Waals surface area contributed by atoms with Gasteiger partial charge < -0.3 is 5.73 Å². The second-order valence-corrected chi connectivity index (χ2v) is 5.37. The Bertz CT molecular complexity index is 298. The topological polar surface area (TPSA) is 26.0 Å². The molecule has 0 unspecified atom stereocenters. The number of rotatable bonds is 6. The normalized spacial score (nSPS) is 11.8. The maximum atomic E-state index is 5.62. The van der Waals surface area contributed by atoms with Gasteiger partial charge in [-0.2, -0.15) is 0 Å². The number of aryl methyl sites for hydroxylation is 2. The van der Waals surface area contributed by atoms with Gasteiger partial charge >= 0.3 is 0 Å². The van der Waals surface area contributed by atoms with E-state index in [1.807, 2.05) is 0 Å². The first-order chi connectivity index (χ1) is 7.57. The van der Waals surface area contributed by atoms with E-state index in [1.165, 1.54) is 17.5 Å². The van der Waals surface area contributed by atoms with Gasteiger partial charge in [0.05, 0.1) is 0 Å². The van der Waals surface area contributed by atoms with E-state index in [4.69, 9.17) is 5.73 Å². The minimum Gasteiger partial charge on any atom is -0.330 e. The quantitative estimate of drug-likeness (QED) is 0.778. The molecule has 0 aromatic heterocycles. The van der Waals surface area contributed by atoms with Crippen molar-refractivity contribution in [2.75, 3.05) is 6.54 Å². The molecule has 1 rings (SSSR count). The van der Waals surface area contributed by atoms with E-state index in [0.717, 1.165) is 25.8 Å². The van der Waals surface area contributed by atoms with Gasteiger partial charge in [0, 0.05) is 0 Å². The lowest BCUT2D eigenvalue weighted by molar-refractivity contribution is 0.313. The van der Waals surface area contributed by atoms with Crippen LogP contribution in [0, 0.1) is 5.41 Å². The van der Waals surface area contributed by atoms with Gasteiger partial charge in [-0.05, 0) is 48.8 Å². The van der Waals surface area contributed by atoms with Crippen molar-refractivity contribution in [2.45, 2.75) is 46.5 Å². The molecule has 1 nitrogen and oxygen atoms in total. The Morgan fingerprint density at radius 1 is 1.00 bits per heavy atom. The molecular weight excluding hydrogens is 194 g/mol. The molecule has 0 saturated carbocycles. The Morgan fingerprint density at radius 2 is 1.56 bits per heavy atom. The first-order valence-corrected chi connectivity index (χ1v) is 6.35. The Kier molecular flexibility index (Phi) is 5.01. The third-order valence-electron chi connectivity index (χ3n) is 3.34. The molecule has 0 saturated heterocycles. The third-order valence-corrected chi connectivity index (χ3v) is 3.34. The van der Waals surface area contributed by atoms with E-state index < -0.39 is 0 Å². The fourth-order valence-corrected chi connectivity index (χ4v) is 1.94. The standard InChI is InChI=1S/C15H25N/c1-4-13-5-7-14(8-6-13)9-10-15(2,3)11-12-16/h5-8H,4,9-12,16H2,1-3H3. The Labute approximate surface area is 100 Å². The zero-order valence-electron chi connectivity index (χ0n) is 10.9. The zero-order valence-corrected chi connectivity index (χ0v) is 10.9. The molecule has 0 heterocycles. The van der Waals surface area contributed by atoms with Gasteiger partial charge in [-0.25, -0.2) is 0 Å². The van der Waals surface area contributed by atoms with Gasteiger partial charge in [-0.3, -0.25) is 0 Å². The van der Waals surface area contributed by atoms with Gasteiger partial charge in [0.2, 0.25) is 0 Å². The lowest BCUT2D eigenvalue weighted by atomic mass is 9.83. The summed E-state index contributed by atoms with van der Waals surface area (Å²) in [7, 11) is 0. The van der Waals surface area contributed by atoms with E-state index in [1.54, 1.807) is 0 Å². The minimum atomic E-state index is 0.373. The van der Waals surface area contributed by atoms with Crippen molar-refractivity contribution in [3.05, 3.63) is 35.4 Å². The SMILES string of the molecule is CCc1ccc(CCC(C)(C)CCN)cc1. The van der Waals surface area contributed by atoms with Crippen molar-refractivity contribution in [3.63, 3.8) is 0 Å². The molecule has 0 bridgehead atoms. The molecule has 0 aliphatic rings. The van der Waals surface area contributed by atoms with Crippen molar-refractivity contribution in [1.82, 2.24) is 0 Å².